The molecule has 0 aromatic carbocycles. The van der Waals surface area contributed by atoms with Gasteiger partial charge in [-0.15, -0.1) is 12.4 Å². The van der Waals surface area contributed by atoms with Crippen molar-refractivity contribution < 1.29 is 23.1 Å². The highest BCUT2D eigenvalue weighted by atomic mass is 35.5. The Balaban J connectivity index is 0.00000200. The van der Waals surface area contributed by atoms with Crippen LogP contribution >= 0.6 is 12.4 Å². The van der Waals surface area contributed by atoms with Gasteiger partial charge in [0, 0.05) is 13.1 Å². The summed E-state index contributed by atoms with van der Waals surface area (Å²) in [4.78, 5) is 13.7. The fraction of sp³-hybridized carbons (Fsp3) is 0.917. The van der Waals surface area contributed by atoms with Crippen molar-refractivity contribution in [1.29, 1.82) is 0 Å². The van der Waals surface area contributed by atoms with Crippen LogP contribution in [0.4, 0.5) is 13.2 Å². The van der Waals surface area contributed by atoms with Crippen molar-refractivity contribution in [1.82, 2.24) is 10.2 Å². The molecule has 2 saturated heterocycles. The maximum Gasteiger partial charge on any atom is 0.414 e. The highest BCUT2D eigenvalue weighted by Gasteiger charge is 2.44. The number of aliphatic hydroxyl groups excluding tert-OH is 1. The van der Waals surface area contributed by atoms with Gasteiger partial charge >= 0.3 is 6.18 Å². The lowest BCUT2D eigenvalue weighted by Crippen LogP contribution is -2.49. The minimum Gasteiger partial charge on any atom is -0.383 e. The molecule has 2 atom stereocenters. The number of carbonyl (C=O) groups is 1. The van der Waals surface area contributed by atoms with Gasteiger partial charge in [-0.3, -0.25) is 4.79 Å². The minimum absolute atomic E-state index is 0. The van der Waals surface area contributed by atoms with E-state index < -0.39 is 18.2 Å². The van der Waals surface area contributed by atoms with Gasteiger partial charge in [0.05, 0.1) is 6.04 Å². The van der Waals surface area contributed by atoms with E-state index in [1.54, 1.807) is 4.90 Å². The second-order valence-corrected chi connectivity index (χ2v) is 5.30. The number of nitrogens with zero attached hydrogens (tertiary/aromatic N) is 1. The quantitative estimate of drug-likeness (QED) is 0.808. The summed E-state index contributed by atoms with van der Waals surface area (Å²) in [5, 5.41) is 12.3. The number of amides is 1. The first-order valence-electron chi connectivity index (χ1n) is 6.66. The molecule has 0 saturated carbocycles. The molecule has 4 nitrogen and oxygen atoms in total. The van der Waals surface area contributed by atoms with Gasteiger partial charge in [0.15, 0.2) is 6.10 Å². The van der Waals surface area contributed by atoms with Gasteiger partial charge in [0.25, 0.3) is 0 Å². The second kappa shape index (κ2) is 6.95. The third-order valence-corrected chi connectivity index (χ3v) is 3.99. The number of alkyl halides is 3. The van der Waals surface area contributed by atoms with Crippen molar-refractivity contribution in [2.75, 3.05) is 19.6 Å². The Morgan fingerprint density at radius 2 is 1.85 bits per heavy atom. The zero-order valence-corrected chi connectivity index (χ0v) is 11.8. The van der Waals surface area contributed by atoms with Crippen LogP contribution in [0.3, 0.4) is 0 Å². The van der Waals surface area contributed by atoms with Gasteiger partial charge in [0.2, 0.25) is 5.91 Å². The van der Waals surface area contributed by atoms with Crippen LogP contribution in [-0.2, 0) is 4.79 Å². The molecule has 0 aliphatic carbocycles. The highest BCUT2D eigenvalue weighted by molar-refractivity contribution is 5.85. The van der Waals surface area contributed by atoms with Crippen LogP contribution in [0.1, 0.15) is 25.7 Å². The number of aliphatic hydroxyl groups is 1. The van der Waals surface area contributed by atoms with Gasteiger partial charge in [-0.05, 0) is 38.1 Å². The Morgan fingerprint density at radius 3 is 2.30 bits per heavy atom. The third-order valence-electron chi connectivity index (χ3n) is 3.99. The van der Waals surface area contributed by atoms with Crippen LogP contribution in [0.15, 0.2) is 0 Å². The summed E-state index contributed by atoms with van der Waals surface area (Å²) in [5.41, 5.74) is 0. The fourth-order valence-corrected chi connectivity index (χ4v) is 2.82. The number of rotatable bonds is 2. The highest BCUT2D eigenvalue weighted by Crippen LogP contribution is 2.31. The normalized spacial score (nSPS) is 26.2. The fourth-order valence-electron chi connectivity index (χ4n) is 2.82. The molecular formula is C12H20ClF3N2O2. The standard InChI is InChI=1S/C12H19F3N2O2.ClH/c13-12(14,15)10(18)8-3-6-17(7-4-8)11(19)9-2-1-5-16-9;/h8-10,16,18H,1-7H2;1H. The lowest BCUT2D eigenvalue weighted by atomic mass is 9.90. The first kappa shape index (κ1) is 17.5. The Labute approximate surface area is 122 Å². The van der Waals surface area contributed by atoms with Crippen molar-refractivity contribution in [2.45, 2.75) is 44.0 Å². The third kappa shape index (κ3) is 3.99. The molecular weight excluding hydrogens is 297 g/mol. The van der Waals surface area contributed by atoms with E-state index in [0.717, 1.165) is 19.4 Å². The van der Waals surface area contributed by atoms with E-state index in [0.29, 0.717) is 13.1 Å². The summed E-state index contributed by atoms with van der Waals surface area (Å²) in [6, 6.07) is -0.177. The molecule has 2 unspecified atom stereocenters. The molecule has 118 valence electrons. The number of hydrogen-bond donors (Lipinski definition) is 2. The maximum absolute atomic E-state index is 12.4. The zero-order valence-electron chi connectivity index (χ0n) is 11.0. The lowest BCUT2D eigenvalue weighted by molar-refractivity contribution is -0.223. The molecule has 2 aliphatic heterocycles. The first-order valence-corrected chi connectivity index (χ1v) is 6.66. The van der Waals surface area contributed by atoms with E-state index >= 15 is 0 Å². The molecule has 2 aliphatic rings. The molecule has 2 fully saturated rings. The number of piperidine rings is 1. The molecule has 2 N–H and O–H groups in total. The van der Waals surface area contributed by atoms with Crippen LogP contribution < -0.4 is 5.32 Å². The van der Waals surface area contributed by atoms with Gasteiger partial charge < -0.3 is 15.3 Å². The number of hydrogen-bond acceptors (Lipinski definition) is 3. The van der Waals surface area contributed by atoms with Gasteiger partial charge in [-0.1, -0.05) is 0 Å². The SMILES string of the molecule is Cl.O=C(C1CCCN1)N1CCC(C(O)C(F)(F)F)CC1. The van der Waals surface area contributed by atoms with Gasteiger partial charge in [0.1, 0.15) is 0 Å². The largest absolute Gasteiger partial charge is 0.414 e. The molecule has 2 heterocycles. The summed E-state index contributed by atoms with van der Waals surface area (Å²) in [6.07, 6.45) is -4.67. The van der Waals surface area contributed by atoms with Crippen molar-refractivity contribution in [2.24, 2.45) is 5.92 Å². The maximum atomic E-state index is 12.4. The Hall–Kier alpha value is -0.530. The summed E-state index contributed by atoms with van der Waals surface area (Å²) < 4.78 is 37.2. The average molecular weight is 317 g/mol. The van der Waals surface area contributed by atoms with E-state index in [2.05, 4.69) is 5.32 Å². The van der Waals surface area contributed by atoms with E-state index in [1.165, 1.54) is 0 Å². The summed E-state index contributed by atoms with van der Waals surface area (Å²) in [6.45, 7) is 1.42. The minimum atomic E-state index is -4.57. The van der Waals surface area contributed by atoms with Crippen molar-refractivity contribution >= 4 is 18.3 Å². The number of carbonyl (C=O) groups excluding carboxylic acids is 1. The average Bonchev–Trinajstić information content (AvgIpc) is 2.90. The van der Waals surface area contributed by atoms with Crippen molar-refractivity contribution in [3.63, 3.8) is 0 Å². The molecule has 2 rings (SSSR count). The van der Waals surface area contributed by atoms with Crippen LogP contribution in [0.2, 0.25) is 0 Å². The van der Waals surface area contributed by atoms with E-state index in [4.69, 9.17) is 0 Å². The molecule has 0 aromatic heterocycles. The van der Waals surface area contributed by atoms with Crippen LogP contribution in [0.25, 0.3) is 0 Å². The monoisotopic (exact) mass is 316 g/mol. The zero-order chi connectivity index (χ0) is 14.0. The summed E-state index contributed by atoms with van der Waals surface area (Å²) in [7, 11) is 0. The Morgan fingerprint density at radius 1 is 1.25 bits per heavy atom. The number of likely N-dealkylation sites (tertiary alicyclic amines) is 1. The molecule has 1 amide bonds. The second-order valence-electron chi connectivity index (χ2n) is 5.30. The predicted molar refractivity (Wildman–Crippen MR) is 69.6 cm³/mol. The summed E-state index contributed by atoms with van der Waals surface area (Å²) >= 11 is 0. The number of nitrogens with one attached hydrogen (secondary N) is 1. The molecule has 20 heavy (non-hydrogen) atoms. The van der Waals surface area contributed by atoms with Gasteiger partial charge in [-0.25, -0.2) is 0 Å². The van der Waals surface area contributed by atoms with E-state index in [1.807, 2.05) is 0 Å². The van der Waals surface area contributed by atoms with Crippen LogP contribution in [-0.4, -0.2) is 53.9 Å². The van der Waals surface area contributed by atoms with E-state index in [9.17, 15) is 23.1 Å². The molecule has 0 aromatic rings. The van der Waals surface area contributed by atoms with Crippen LogP contribution in [0.5, 0.6) is 0 Å². The van der Waals surface area contributed by atoms with Crippen molar-refractivity contribution in [3.05, 3.63) is 0 Å². The first-order chi connectivity index (χ1) is 8.89. The molecule has 0 bridgehead atoms. The Bertz CT molecular complexity index is 327. The molecule has 0 spiro atoms. The predicted octanol–water partition coefficient (Wildman–Crippen LogP) is 1.32. The van der Waals surface area contributed by atoms with Crippen molar-refractivity contribution in [3.8, 4) is 0 Å². The smallest absolute Gasteiger partial charge is 0.383 e. The van der Waals surface area contributed by atoms with E-state index in [-0.39, 0.29) is 37.2 Å². The number of halogens is 4. The Kier molecular flexibility index (Phi) is 6.09. The lowest BCUT2D eigenvalue weighted by Gasteiger charge is -2.35. The molecule has 0 radical (unpaired) electrons. The topological polar surface area (TPSA) is 52.6 Å². The van der Waals surface area contributed by atoms with Crippen LogP contribution in [0, 0.1) is 5.92 Å². The van der Waals surface area contributed by atoms with Gasteiger partial charge in [-0.2, -0.15) is 13.2 Å². The summed E-state index contributed by atoms with van der Waals surface area (Å²) in [5.74, 6) is -0.807. The molecule has 8 heteroatoms.